The molecule has 13 nitrogen and oxygen atoms in total. The summed E-state index contributed by atoms with van der Waals surface area (Å²) in [6.45, 7) is 4.77. The van der Waals surface area contributed by atoms with Crippen LogP contribution in [0.2, 0.25) is 0 Å². The summed E-state index contributed by atoms with van der Waals surface area (Å²) in [6, 6.07) is 5.69. The summed E-state index contributed by atoms with van der Waals surface area (Å²) in [5.41, 5.74) is 10.2. The molecule has 5 heterocycles. The first-order valence-electron chi connectivity index (χ1n) is 12.6. The Labute approximate surface area is 219 Å². The lowest BCUT2D eigenvalue weighted by Crippen LogP contribution is -2.41. The van der Waals surface area contributed by atoms with Crippen molar-refractivity contribution < 1.29 is 4.79 Å². The number of nitrogens with two attached hydrogens (primary N) is 1. The molecule has 196 valence electrons. The van der Waals surface area contributed by atoms with Gasteiger partial charge >= 0.3 is 0 Å². The number of nitrogens with zero attached hydrogens (tertiary/aromatic N) is 10. The number of amides is 1. The SMILES string of the molecule is CCCN(C(=O)c1ncn[nH]1)[C@H](CC)CCc1cc(N)n2ncc(-c3ccc(-c4ncn(C)n4)nc3)c2n1. The molecule has 38 heavy (non-hydrogen) atoms. The van der Waals surface area contributed by atoms with Crippen LogP contribution < -0.4 is 5.73 Å². The van der Waals surface area contributed by atoms with Crippen molar-refractivity contribution in [2.24, 2.45) is 7.05 Å². The fourth-order valence-corrected chi connectivity index (χ4v) is 4.54. The van der Waals surface area contributed by atoms with E-state index in [9.17, 15) is 4.79 Å². The molecule has 1 amide bonds. The van der Waals surface area contributed by atoms with Crippen LogP contribution in [0.1, 0.15) is 49.4 Å². The highest BCUT2D eigenvalue weighted by molar-refractivity contribution is 5.90. The molecular formula is C25H30N12O. The Balaban J connectivity index is 1.38. The second kappa shape index (κ2) is 10.7. The van der Waals surface area contributed by atoms with Crippen molar-refractivity contribution in [1.82, 2.24) is 54.4 Å². The van der Waals surface area contributed by atoms with Gasteiger partial charge in [0, 0.05) is 48.7 Å². The van der Waals surface area contributed by atoms with Crippen molar-refractivity contribution in [3.8, 4) is 22.6 Å². The standard InChI is InChI=1S/C25H30N12O/c1-4-10-36(25(38)23-28-14-30-33-23)18(5-2)8-7-17-11-21(26)37-24(32-17)19(13-31-37)16-6-9-20(27-12-16)22-29-15-35(3)34-22/h6,9,11-15,18H,4-5,7-8,10,26H2,1-3H3,(H,28,30,33)/t18-/m1/s1. The maximum Gasteiger partial charge on any atom is 0.291 e. The minimum absolute atomic E-state index is 0.0214. The summed E-state index contributed by atoms with van der Waals surface area (Å²) in [5, 5.41) is 15.3. The fraction of sp³-hybridized carbons (Fsp3) is 0.360. The van der Waals surface area contributed by atoms with Gasteiger partial charge in [-0.15, -0.1) is 5.10 Å². The fourth-order valence-electron chi connectivity index (χ4n) is 4.54. The highest BCUT2D eigenvalue weighted by atomic mass is 16.2. The van der Waals surface area contributed by atoms with Crippen molar-refractivity contribution in [1.29, 1.82) is 0 Å². The molecule has 0 aromatic carbocycles. The molecule has 0 saturated heterocycles. The summed E-state index contributed by atoms with van der Waals surface area (Å²) in [4.78, 5) is 32.6. The van der Waals surface area contributed by atoms with E-state index in [-0.39, 0.29) is 17.8 Å². The van der Waals surface area contributed by atoms with Crippen LogP contribution in [0.15, 0.2) is 43.2 Å². The Morgan fingerprint density at radius 1 is 1.18 bits per heavy atom. The van der Waals surface area contributed by atoms with Gasteiger partial charge in [-0.25, -0.2) is 15.0 Å². The molecule has 0 fully saturated rings. The van der Waals surface area contributed by atoms with Gasteiger partial charge in [0.2, 0.25) is 5.82 Å². The van der Waals surface area contributed by atoms with Crippen molar-refractivity contribution in [2.45, 2.75) is 45.6 Å². The van der Waals surface area contributed by atoms with Gasteiger partial charge < -0.3 is 10.6 Å². The molecule has 0 aliphatic heterocycles. The van der Waals surface area contributed by atoms with Crippen LogP contribution in [0.3, 0.4) is 0 Å². The van der Waals surface area contributed by atoms with E-state index in [0.29, 0.717) is 35.9 Å². The van der Waals surface area contributed by atoms with Crippen molar-refractivity contribution >= 4 is 17.4 Å². The third-order valence-corrected chi connectivity index (χ3v) is 6.44. The van der Waals surface area contributed by atoms with Crippen LogP contribution in [-0.4, -0.2) is 72.9 Å². The molecule has 0 aliphatic rings. The normalized spacial score (nSPS) is 12.2. The van der Waals surface area contributed by atoms with Gasteiger partial charge in [-0.3, -0.25) is 19.6 Å². The van der Waals surface area contributed by atoms with Crippen LogP contribution in [0.25, 0.3) is 28.3 Å². The first kappa shape index (κ1) is 25.0. The van der Waals surface area contributed by atoms with E-state index in [0.717, 1.165) is 36.1 Å². The summed E-state index contributed by atoms with van der Waals surface area (Å²) in [5.74, 6) is 1.17. The zero-order chi connectivity index (χ0) is 26.6. The van der Waals surface area contributed by atoms with Crippen LogP contribution in [-0.2, 0) is 13.5 Å². The molecule has 0 radical (unpaired) electrons. The first-order valence-corrected chi connectivity index (χ1v) is 12.6. The number of pyridine rings is 1. The molecule has 0 aliphatic carbocycles. The Hall–Kier alpha value is -4.68. The van der Waals surface area contributed by atoms with Gasteiger partial charge in [0.1, 0.15) is 24.2 Å². The number of carbonyl (C=O) groups excluding carboxylic acids is 1. The largest absolute Gasteiger partial charge is 0.384 e. The van der Waals surface area contributed by atoms with Gasteiger partial charge in [0.25, 0.3) is 5.91 Å². The highest BCUT2D eigenvalue weighted by Gasteiger charge is 2.25. The summed E-state index contributed by atoms with van der Waals surface area (Å²) in [6.07, 6.45) is 9.52. The van der Waals surface area contributed by atoms with Crippen molar-refractivity contribution in [2.75, 3.05) is 12.3 Å². The minimum Gasteiger partial charge on any atom is -0.384 e. The average Bonchev–Trinajstić information content (AvgIpc) is 3.69. The number of hydrogen-bond donors (Lipinski definition) is 2. The third kappa shape index (κ3) is 4.94. The zero-order valence-corrected chi connectivity index (χ0v) is 21.6. The minimum atomic E-state index is -0.144. The maximum absolute atomic E-state index is 13.0. The topological polar surface area (TPSA) is 162 Å². The summed E-state index contributed by atoms with van der Waals surface area (Å²) >= 11 is 0. The average molecular weight is 515 g/mol. The Morgan fingerprint density at radius 2 is 2.05 bits per heavy atom. The third-order valence-electron chi connectivity index (χ3n) is 6.44. The van der Waals surface area contributed by atoms with Crippen LogP contribution >= 0.6 is 0 Å². The van der Waals surface area contributed by atoms with Gasteiger partial charge in [0.05, 0.1) is 6.20 Å². The van der Waals surface area contributed by atoms with Crippen LogP contribution in [0.5, 0.6) is 0 Å². The summed E-state index contributed by atoms with van der Waals surface area (Å²) in [7, 11) is 1.82. The maximum atomic E-state index is 13.0. The quantitative estimate of drug-likeness (QED) is 0.285. The van der Waals surface area contributed by atoms with E-state index < -0.39 is 0 Å². The van der Waals surface area contributed by atoms with Crippen LogP contribution in [0.4, 0.5) is 5.82 Å². The van der Waals surface area contributed by atoms with E-state index in [1.807, 2.05) is 30.1 Å². The van der Waals surface area contributed by atoms with Gasteiger partial charge in [-0.2, -0.15) is 14.7 Å². The predicted molar refractivity (Wildman–Crippen MR) is 141 cm³/mol. The number of nitrogen functional groups attached to an aromatic ring is 1. The van der Waals surface area contributed by atoms with Gasteiger partial charge in [-0.05, 0) is 31.7 Å². The Bertz CT molecular complexity index is 1520. The highest BCUT2D eigenvalue weighted by Crippen LogP contribution is 2.26. The van der Waals surface area contributed by atoms with Crippen molar-refractivity contribution in [3.63, 3.8) is 0 Å². The second-order valence-electron chi connectivity index (χ2n) is 9.07. The molecule has 5 aromatic rings. The van der Waals surface area contributed by atoms with Gasteiger partial charge in [0.15, 0.2) is 11.5 Å². The number of rotatable bonds is 10. The molecule has 0 saturated carbocycles. The number of fused-ring (bicyclic) bond motifs is 1. The molecule has 5 aromatic heterocycles. The van der Waals surface area contributed by atoms with Crippen LogP contribution in [0, 0.1) is 0 Å². The monoisotopic (exact) mass is 514 g/mol. The zero-order valence-electron chi connectivity index (χ0n) is 21.6. The number of nitrogens with one attached hydrogen (secondary N) is 1. The molecule has 0 unspecified atom stereocenters. The van der Waals surface area contributed by atoms with E-state index in [1.165, 1.54) is 6.33 Å². The lowest BCUT2D eigenvalue weighted by atomic mass is 10.0. The predicted octanol–water partition coefficient (Wildman–Crippen LogP) is 2.55. The molecule has 5 rings (SSSR count). The van der Waals surface area contributed by atoms with E-state index >= 15 is 0 Å². The van der Waals surface area contributed by atoms with E-state index in [4.69, 9.17) is 10.7 Å². The first-order chi connectivity index (χ1) is 18.5. The number of hydrogen-bond acceptors (Lipinski definition) is 9. The number of aryl methyl sites for hydroxylation is 2. The molecule has 1 atom stereocenters. The number of aromatic nitrogens is 10. The lowest BCUT2D eigenvalue weighted by Gasteiger charge is -2.30. The van der Waals surface area contributed by atoms with E-state index in [1.54, 1.807) is 27.9 Å². The Morgan fingerprint density at radius 3 is 2.71 bits per heavy atom. The summed E-state index contributed by atoms with van der Waals surface area (Å²) < 4.78 is 3.26. The number of aromatic amines is 1. The van der Waals surface area contributed by atoms with E-state index in [2.05, 4.69) is 49.2 Å². The number of carbonyl (C=O) groups is 1. The Kier molecular flexibility index (Phi) is 7.07. The molecule has 0 bridgehead atoms. The number of H-pyrrole nitrogens is 1. The van der Waals surface area contributed by atoms with Crippen molar-refractivity contribution in [3.05, 3.63) is 54.8 Å². The van der Waals surface area contributed by atoms with Gasteiger partial charge in [-0.1, -0.05) is 19.9 Å². The smallest absolute Gasteiger partial charge is 0.291 e. The molecule has 13 heteroatoms. The molecule has 3 N–H and O–H groups in total. The number of anilines is 1. The lowest BCUT2D eigenvalue weighted by molar-refractivity contribution is 0.0650. The molecule has 0 spiro atoms. The molecular weight excluding hydrogens is 484 g/mol. The second-order valence-corrected chi connectivity index (χ2v) is 9.07.